The van der Waals surface area contributed by atoms with Crippen LogP contribution in [0.2, 0.25) is 0 Å². The zero-order valence-corrected chi connectivity index (χ0v) is 19.2. The van der Waals surface area contributed by atoms with Crippen molar-refractivity contribution in [3.8, 4) is 0 Å². The van der Waals surface area contributed by atoms with E-state index in [1.807, 2.05) is 19.0 Å². The Morgan fingerprint density at radius 2 is 1.91 bits per heavy atom. The maximum atomic E-state index is 12.9. The van der Waals surface area contributed by atoms with Crippen molar-refractivity contribution in [1.29, 1.82) is 0 Å². The smallest absolute Gasteiger partial charge is 0.408 e. The average molecular weight is 462 g/mol. The number of fused-ring (bicyclic) bond motifs is 1. The highest BCUT2D eigenvalue weighted by atomic mass is 32.2. The van der Waals surface area contributed by atoms with Crippen LogP contribution in [0.3, 0.4) is 0 Å². The molecule has 0 saturated carbocycles. The van der Waals surface area contributed by atoms with Crippen LogP contribution >= 0.6 is 0 Å². The fourth-order valence-electron chi connectivity index (χ4n) is 3.83. The number of anilines is 1. The van der Waals surface area contributed by atoms with Crippen LogP contribution < -0.4 is 11.1 Å². The summed E-state index contributed by atoms with van der Waals surface area (Å²) in [5.41, 5.74) is 1.72. The van der Waals surface area contributed by atoms with Crippen molar-refractivity contribution in [2.75, 3.05) is 39.0 Å². The molecule has 1 N–H and O–H groups in total. The van der Waals surface area contributed by atoms with Gasteiger partial charge in [0.1, 0.15) is 10.6 Å². The summed E-state index contributed by atoms with van der Waals surface area (Å²) in [6.45, 7) is 2.10. The average Bonchev–Trinajstić information content (AvgIpc) is 3.45. The molecule has 3 aromatic rings. The number of carbonyl (C=O) groups excluding carboxylic acids is 1. The second-order valence-corrected chi connectivity index (χ2v) is 10.2. The summed E-state index contributed by atoms with van der Waals surface area (Å²) < 4.78 is 35.4. The number of hydrogen-bond donors (Lipinski definition) is 1. The molecule has 1 aliphatic rings. The molecule has 0 bridgehead atoms. The maximum Gasteiger partial charge on any atom is 0.419 e. The predicted octanol–water partition coefficient (Wildman–Crippen LogP) is 1.53. The summed E-state index contributed by atoms with van der Waals surface area (Å²) in [5, 5.41) is 2.79. The van der Waals surface area contributed by atoms with Gasteiger partial charge in [-0.1, -0.05) is 0 Å². The molecule has 1 aromatic carbocycles. The number of rotatable bonds is 7. The number of hydrogen-bond acceptors (Lipinski definition) is 6. The molecule has 10 nitrogen and oxygen atoms in total. The lowest BCUT2D eigenvalue weighted by molar-refractivity contribution is 0.101. The molecular formula is C21H27N5O5S. The van der Waals surface area contributed by atoms with Crippen LogP contribution in [-0.2, 0) is 23.6 Å². The van der Waals surface area contributed by atoms with Gasteiger partial charge in [0, 0.05) is 45.1 Å². The molecule has 11 heteroatoms. The predicted molar refractivity (Wildman–Crippen MR) is 120 cm³/mol. The van der Waals surface area contributed by atoms with Gasteiger partial charge in [-0.3, -0.25) is 9.36 Å². The molecule has 0 spiro atoms. The number of amides is 1. The minimum atomic E-state index is -3.61. The van der Waals surface area contributed by atoms with E-state index in [9.17, 15) is 18.0 Å². The molecule has 172 valence electrons. The van der Waals surface area contributed by atoms with E-state index in [1.165, 1.54) is 25.7 Å². The Labute approximate surface area is 186 Å². The van der Waals surface area contributed by atoms with Gasteiger partial charge < -0.3 is 19.2 Å². The number of sulfonamides is 1. The first-order chi connectivity index (χ1) is 15.2. The molecule has 1 fully saturated rings. The molecule has 1 aliphatic heterocycles. The number of carbonyl (C=O) groups is 1. The van der Waals surface area contributed by atoms with Crippen LogP contribution in [0.25, 0.3) is 11.1 Å². The highest BCUT2D eigenvalue weighted by Gasteiger charge is 2.29. The van der Waals surface area contributed by atoms with Crippen molar-refractivity contribution >= 4 is 32.7 Å². The van der Waals surface area contributed by atoms with Gasteiger partial charge in [-0.15, -0.1) is 0 Å². The summed E-state index contributed by atoms with van der Waals surface area (Å²) >= 11 is 0. The van der Waals surface area contributed by atoms with Crippen molar-refractivity contribution < 1.29 is 17.6 Å². The van der Waals surface area contributed by atoms with Gasteiger partial charge in [0.15, 0.2) is 5.58 Å². The number of likely N-dealkylation sites (N-methyl/N-ethyl adjacent to an activating group) is 1. The quantitative estimate of drug-likeness (QED) is 0.572. The molecule has 0 radical (unpaired) electrons. The zero-order chi connectivity index (χ0) is 23.0. The lowest BCUT2D eigenvalue weighted by Crippen LogP contribution is -2.27. The molecule has 32 heavy (non-hydrogen) atoms. The summed E-state index contributed by atoms with van der Waals surface area (Å²) in [7, 11) is 1.85. The van der Waals surface area contributed by atoms with Crippen LogP contribution in [0.1, 0.15) is 23.3 Å². The SMILES string of the molecule is CN(C)CCn1c(=O)oc2ccc(NC(=O)c3cc(S(=O)(=O)N4CCCC4)cn3C)cc21. The van der Waals surface area contributed by atoms with Crippen molar-refractivity contribution in [2.24, 2.45) is 7.05 Å². The summed E-state index contributed by atoms with van der Waals surface area (Å²) in [4.78, 5) is 27.1. The first kappa shape index (κ1) is 22.3. The van der Waals surface area contributed by atoms with Gasteiger partial charge >= 0.3 is 5.76 Å². The van der Waals surface area contributed by atoms with E-state index in [-0.39, 0.29) is 10.6 Å². The van der Waals surface area contributed by atoms with Gasteiger partial charge in [-0.2, -0.15) is 4.31 Å². The van der Waals surface area contributed by atoms with E-state index in [2.05, 4.69) is 5.32 Å². The second-order valence-electron chi connectivity index (χ2n) is 8.24. The third kappa shape index (κ3) is 4.23. The summed E-state index contributed by atoms with van der Waals surface area (Å²) in [5.74, 6) is -0.898. The minimum Gasteiger partial charge on any atom is -0.408 e. The van der Waals surface area contributed by atoms with Crippen molar-refractivity contribution in [1.82, 2.24) is 18.3 Å². The second kappa shape index (κ2) is 8.57. The van der Waals surface area contributed by atoms with Crippen LogP contribution in [0.4, 0.5) is 5.69 Å². The van der Waals surface area contributed by atoms with Gasteiger partial charge in [0.05, 0.1) is 5.52 Å². The van der Waals surface area contributed by atoms with Crippen molar-refractivity contribution in [3.63, 3.8) is 0 Å². The first-order valence-electron chi connectivity index (χ1n) is 10.4. The van der Waals surface area contributed by atoms with E-state index >= 15 is 0 Å². The molecule has 4 rings (SSSR count). The maximum absolute atomic E-state index is 12.9. The molecule has 0 aliphatic carbocycles. The molecule has 1 amide bonds. The van der Waals surface area contributed by atoms with E-state index in [0.29, 0.717) is 43.0 Å². The first-order valence-corrected chi connectivity index (χ1v) is 11.9. The third-order valence-electron chi connectivity index (χ3n) is 5.61. The van der Waals surface area contributed by atoms with Crippen LogP contribution in [0, 0.1) is 0 Å². The number of aryl methyl sites for hydroxylation is 1. The van der Waals surface area contributed by atoms with Crippen molar-refractivity contribution in [3.05, 3.63) is 46.7 Å². The number of oxazole rings is 1. The molecule has 2 aromatic heterocycles. The van der Waals surface area contributed by atoms with Gasteiger partial charge in [0.2, 0.25) is 10.0 Å². The summed E-state index contributed by atoms with van der Waals surface area (Å²) in [6.07, 6.45) is 3.14. The minimum absolute atomic E-state index is 0.106. The fraction of sp³-hybridized carbons (Fsp3) is 0.429. The molecule has 0 atom stereocenters. The molecule has 1 saturated heterocycles. The van der Waals surface area contributed by atoms with Crippen LogP contribution in [0.5, 0.6) is 0 Å². The molecule has 0 unspecified atom stereocenters. The van der Waals surface area contributed by atoms with Crippen LogP contribution in [0.15, 0.2) is 44.6 Å². The van der Waals surface area contributed by atoms with Gasteiger partial charge in [-0.05, 0) is 51.2 Å². The molecule has 3 heterocycles. The van der Waals surface area contributed by atoms with Crippen molar-refractivity contribution in [2.45, 2.75) is 24.3 Å². The van der Waals surface area contributed by atoms with Crippen LogP contribution in [-0.4, -0.2) is 66.4 Å². The Balaban J connectivity index is 1.58. The normalized spacial score (nSPS) is 15.1. The monoisotopic (exact) mass is 461 g/mol. The number of benzene rings is 1. The Morgan fingerprint density at radius 3 is 2.59 bits per heavy atom. The van der Waals surface area contributed by atoms with E-state index in [0.717, 1.165) is 12.8 Å². The zero-order valence-electron chi connectivity index (χ0n) is 18.4. The Bertz CT molecular complexity index is 1310. The lowest BCUT2D eigenvalue weighted by Gasteiger charge is -2.13. The Kier molecular flexibility index (Phi) is 5.97. The summed E-state index contributed by atoms with van der Waals surface area (Å²) in [6, 6.07) is 6.35. The Hall–Kier alpha value is -2.89. The number of aromatic nitrogens is 2. The molecular weight excluding hydrogens is 434 g/mol. The van der Waals surface area contributed by atoms with Gasteiger partial charge in [-0.25, -0.2) is 13.2 Å². The van der Waals surface area contributed by atoms with E-state index in [1.54, 1.807) is 25.2 Å². The van der Waals surface area contributed by atoms with Gasteiger partial charge in [0.25, 0.3) is 5.91 Å². The highest BCUT2D eigenvalue weighted by molar-refractivity contribution is 7.89. The lowest BCUT2D eigenvalue weighted by atomic mass is 10.2. The Morgan fingerprint density at radius 1 is 1.19 bits per heavy atom. The van der Waals surface area contributed by atoms with E-state index in [4.69, 9.17) is 4.42 Å². The number of nitrogens with one attached hydrogen (secondary N) is 1. The third-order valence-corrected chi connectivity index (χ3v) is 7.48. The topological polar surface area (TPSA) is 110 Å². The van der Waals surface area contributed by atoms with E-state index < -0.39 is 21.7 Å². The number of nitrogens with zero attached hydrogens (tertiary/aromatic N) is 4. The standard InChI is InChI=1S/C21H27N5O5S/c1-23(2)10-11-26-17-12-15(6-7-19(17)31-21(26)28)22-20(27)18-13-16(14-24(18)3)32(29,30)25-8-4-5-9-25/h6-7,12-14H,4-5,8-11H2,1-3H3,(H,22,27). The highest BCUT2D eigenvalue weighted by Crippen LogP contribution is 2.24. The largest absolute Gasteiger partial charge is 0.419 e. The fourth-order valence-corrected chi connectivity index (χ4v) is 5.41.